The van der Waals surface area contributed by atoms with Crippen molar-refractivity contribution in [2.75, 3.05) is 13.1 Å². The highest BCUT2D eigenvalue weighted by Crippen LogP contribution is 2.43. The van der Waals surface area contributed by atoms with Crippen molar-refractivity contribution in [3.63, 3.8) is 0 Å². The average molecular weight is 598 g/mol. The number of rotatable bonds is 6. The normalized spacial score (nSPS) is 18.2. The number of benzene rings is 3. The van der Waals surface area contributed by atoms with Gasteiger partial charge >= 0.3 is 6.18 Å². The zero-order valence-corrected chi connectivity index (χ0v) is 23.6. The van der Waals surface area contributed by atoms with Crippen molar-refractivity contribution in [1.29, 1.82) is 0 Å². The summed E-state index contributed by atoms with van der Waals surface area (Å²) < 4.78 is 85.9. The number of aryl methyl sites for hydroxylation is 2. The third-order valence-corrected chi connectivity index (χ3v) is 9.79. The quantitative estimate of drug-likeness (QED) is 0.232. The Morgan fingerprint density at radius 3 is 2.45 bits per heavy atom. The molecule has 0 aliphatic carbocycles. The summed E-state index contributed by atoms with van der Waals surface area (Å²) in [6.07, 6.45) is 0.513. The van der Waals surface area contributed by atoms with Crippen LogP contribution in [0, 0.1) is 12.7 Å². The van der Waals surface area contributed by atoms with Crippen LogP contribution in [0.1, 0.15) is 28.7 Å². The molecule has 3 aromatic carbocycles. The molecule has 0 N–H and O–H groups in total. The number of aromatic nitrogens is 4. The van der Waals surface area contributed by atoms with Crippen LogP contribution in [0.5, 0.6) is 0 Å². The predicted molar refractivity (Wildman–Crippen MR) is 149 cm³/mol. The van der Waals surface area contributed by atoms with E-state index in [1.807, 2.05) is 19.1 Å². The van der Waals surface area contributed by atoms with Gasteiger partial charge in [-0.3, -0.25) is 4.68 Å². The van der Waals surface area contributed by atoms with Crippen LogP contribution in [-0.2, 0) is 35.1 Å². The van der Waals surface area contributed by atoms with E-state index in [0.717, 1.165) is 34.2 Å². The summed E-state index contributed by atoms with van der Waals surface area (Å²) in [6, 6.07) is 15.0. The van der Waals surface area contributed by atoms with Crippen LogP contribution >= 0.6 is 0 Å². The third kappa shape index (κ3) is 4.98. The van der Waals surface area contributed by atoms with E-state index in [4.69, 9.17) is 0 Å². The SMILES string of the molecule is Cc1cc2c(cnn2-c2ccc(F)cc2)cc1C1(Cc2cccc(C(F)(F)F)c2)CCN(S(=O)(=O)c2cnn(C)c2)C1. The molecule has 1 atom stereocenters. The number of hydrogen-bond acceptors (Lipinski definition) is 4. The van der Waals surface area contributed by atoms with E-state index in [2.05, 4.69) is 10.2 Å². The first-order chi connectivity index (χ1) is 19.9. The molecule has 1 fully saturated rings. The minimum atomic E-state index is -4.50. The van der Waals surface area contributed by atoms with Crippen LogP contribution < -0.4 is 0 Å². The number of fused-ring (bicyclic) bond motifs is 1. The number of hydrogen-bond donors (Lipinski definition) is 0. The lowest BCUT2D eigenvalue weighted by atomic mass is 9.73. The Morgan fingerprint density at radius 1 is 1.00 bits per heavy atom. The van der Waals surface area contributed by atoms with Crippen molar-refractivity contribution >= 4 is 20.9 Å². The lowest BCUT2D eigenvalue weighted by Gasteiger charge is -2.32. The van der Waals surface area contributed by atoms with Gasteiger partial charge < -0.3 is 0 Å². The van der Waals surface area contributed by atoms with E-state index >= 15 is 0 Å². The summed E-state index contributed by atoms with van der Waals surface area (Å²) in [5.74, 6) is -0.364. The fourth-order valence-corrected chi connectivity index (χ4v) is 7.48. The first kappa shape index (κ1) is 28.1. The molecule has 0 spiro atoms. The topological polar surface area (TPSA) is 73.0 Å². The van der Waals surface area contributed by atoms with E-state index in [1.165, 1.54) is 39.6 Å². The Balaban J connectivity index is 1.45. The fourth-order valence-electron chi connectivity index (χ4n) is 5.97. The second kappa shape index (κ2) is 10.1. The van der Waals surface area contributed by atoms with Crippen molar-refractivity contribution in [3.05, 3.63) is 107 Å². The summed E-state index contributed by atoms with van der Waals surface area (Å²) in [6.45, 7) is 2.18. The van der Waals surface area contributed by atoms with Crippen molar-refractivity contribution in [2.45, 2.75) is 36.3 Å². The predicted octanol–water partition coefficient (Wildman–Crippen LogP) is 5.80. The Hall–Kier alpha value is -4.03. The summed E-state index contributed by atoms with van der Waals surface area (Å²) in [5, 5.41) is 9.28. The first-order valence-electron chi connectivity index (χ1n) is 13.3. The minimum absolute atomic E-state index is 0.0626. The van der Waals surface area contributed by atoms with Gasteiger partial charge in [0.05, 0.1) is 29.2 Å². The Morgan fingerprint density at radius 2 is 1.76 bits per heavy atom. The van der Waals surface area contributed by atoms with Gasteiger partial charge in [0.25, 0.3) is 0 Å². The van der Waals surface area contributed by atoms with Gasteiger partial charge in [0.2, 0.25) is 10.0 Å². The van der Waals surface area contributed by atoms with Crippen LogP contribution in [0.25, 0.3) is 16.6 Å². The molecule has 1 saturated heterocycles. The molecule has 42 heavy (non-hydrogen) atoms. The van der Waals surface area contributed by atoms with Crippen molar-refractivity contribution in [1.82, 2.24) is 23.9 Å². The van der Waals surface area contributed by atoms with Gasteiger partial charge in [-0.05, 0) is 78.9 Å². The molecule has 0 amide bonds. The Bertz CT molecular complexity index is 1900. The molecule has 12 heteroatoms. The molecule has 0 bridgehead atoms. The van der Waals surface area contributed by atoms with E-state index in [1.54, 1.807) is 36.1 Å². The van der Waals surface area contributed by atoms with Crippen molar-refractivity contribution < 1.29 is 26.0 Å². The minimum Gasteiger partial charge on any atom is -0.274 e. The van der Waals surface area contributed by atoms with E-state index in [0.29, 0.717) is 17.7 Å². The fraction of sp³-hybridized carbons (Fsp3) is 0.267. The molecular formula is C30H27F4N5O2S. The van der Waals surface area contributed by atoms with Crippen LogP contribution in [-0.4, -0.2) is 45.4 Å². The van der Waals surface area contributed by atoms with Gasteiger partial charge in [0, 0.05) is 37.1 Å². The van der Waals surface area contributed by atoms with Gasteiger partial charge in [-0.2, -0.15) is 27.7 Å². The van der Waals surface area contributed by atoms with Crippen molar-refractivity contribution in [3.8, 4) is 5.69 Å². The zero-order chi connectivity index (χ0) is 29.9. The number of halogens is 4. The highest BCUT2D eigenvalue weighted by atomic mass is 32.2. The molecule has 1 aliphatic rings. The largest absolute Gasteiger partial charge is 0.416 e. The van der Waals surface area contributed by atoms with Crippen molar-refractivity contribution in [2.24, 2.45) is 7.05 Å². The second-order valence-electron chi connectivity index (χ2n) is 10.9. The average Bonchev–Trinajstić information content (AvgIpc) is 3.68. The molecule has 1 unspecified atom stereocenters. The van der Waals surface area contributed by atoms with Crippen LogP contribution in [0.3, 0.4) is 0 Å². The van der Waals surface area contributed by atoms with Crippen LogP contribution in [0.4, 0.5) is 17.6 Å². The molecule has 1 aliphatic heterocycles. The van der Waals surface area contributed by atoms with Gasteiger partial charge in [-0.15, -0.1) is 0 Å². The lowest BCUT2D eigenvalue weighted by molar-refractivity contribution is -0.137. The molecule has 0 radical (unpaired) electrons. The Labute approximate surface area is 240 Å². The summed E-state index contributed by atoms with van der Waals surface area (Å²) in [4.78, 5) is 0.0626. The van der Waals surface area contributed by atoms with Gasteiger partial charge in [-0.25, -0.2) is 17.5 Å². The van der Waals surface area contributed by atoms with E-state index in [-0.39, 0.29) is 30.2 Å². The monoisotopic (exact) mass is 597 g/mol. The summed E-state index contributed by atoms with van der Waals surface area (Å²) in [5.41, 5.74) is 2.04. The summed E-state index contributed by atoms with van der Waals surface area (Å²) in [7, 11) is -2.26. The summed E-state index contributed by atoms with van der Waals surface area (Å²) >= 11 is 0. The smallest absolute Gasteiger partial charge is 0.274 e. The number of nitrogens with zero attached hydrogens (tertiary/aromatic N) is 5. The van der Waals surface area contributed by atoms with E-state index < -0.39 is 27.2 Å². The molecule has 3 heterocycles. The maximum absolute atomic E-state index is 13.6. The van der Waals surface area contributed by atoms with E-state index in [9.17, 15) is 26.0 Å². The van der Waals surface area contributed by atoms with Crippen LogP contribution in [0.15, 0.2) is 84.1 Å². The standard InChI is InChI=1S/C30H27F4N5O2S/c1-20-12-28-22(16-36-39(28)25-8-6-24(31)7-9-25)14-27(20)29(15-21-4-3-5-23(13-21)30(32,33)34)10-11-38(19-29)42(40,41)26-17-35-37(2)18-26/h3-9,12-14,16-18H,10-11,15,19H2,1-2H3. The maximum atomic E-state index is 13.6. The number of alkyl halides is 3. The molecular weight excluding hydrogens is 570 g/mol. The lowest BCUT2D eigenvalue weighted by Crippen LogP contribution is -2.36. The van der Waals surface area contributed by atoms with Gasteiger partial charge in [0.1, 0.15) is 10.7 Å². The number of sulfonamides is 1. The van der Waals surface area contributed by atoms with Gasteiger partial charge in [0.15, 0.2) is 0 Å². The molecule has 7 nitrogen and oxygen atoms in total. The highest BCUT2D eigenvalue weighted by molar-refractivity contribution is 7.89. The highest BCUT2D eigenvalue weighted by Gasteiger charge is 2.45. The molecule has 2 aromatic heterocycles. The zero-order valence-electron chi connectivity index (χ0n) is 22.8. The maximum Gasteiger partial charge on any atom is 0.416 e. The third-order valence-electron chi connectivity index (χ3n) is 7.99. The molecule has 6 rings (SSSR count). The van der Waals surface area contributed by atoms with Gasteiger partial charge in [-0.1, -0.05) is 18.2 Å². The Kier molecular flexibility index (Phi) is 6.73. The second-order valence-corrected chi connectivity index (χ2v) is 12.8. The molecule has 218 valence electrons. The first-order valence-corrected chi connectivity index (χ1v) is 14.7. The van der Waals surface area contributed by atoms with Crippen LogP contribution in [0.2, 0.25) is 0 Å². The molecule has 5 aromatic rings. The molecule has 0 saturated carbocycles.